The van der Waals surface area contributed by atoms with E-state index in [2.05, 4.69) is 10.5 Å². The number of hydrazone groups is 1. The van der Waals surface area contributed by atoms with Gasteiger partial charge in [0, 0.05) is 22.7 Å². The van der Waals surface area contributed by atoms with E-state index in [-0.39, 0.29) is 12.3 Å². The normalized spacial score (nSPS) is 10.7. The van der Waals surface area contributed by atoms with Crippen molar-refractivity contribution in [2.45, 2.75) is 13.2 Å². The number of non-ortho nitro benzene ring substituents is 1. The third kappa shape index (κ3) is 6.12. The van der Waals surface area contributed by atoms with Crippen molar-refractivity contribution in [3.05, 3.63) is 92.5 Å². The number of hydrogen-bond donors (Lipinski definition) is 1. The van der Waals surface area contributed by atoms with Crippen molar-refractivity contribution in [3.63, 3.8) is 0 Å². The van der Waals surface area contributed by atoms with E-state index in [1.807, 2.05) is 18.2 Å². The van der Waals surface area contributed by atoms with Crippen molar-refractivity contribution in [2.24, 2.45) is 5.10 Å². The first-order valence-corrected chi connectivity index (χ1v) is 10.0. The van der Waals surface area contributed by atoms with Crippen LogP contribution in [0.3, 0.4) is 0 Å². The van der Waals surface area contributed by atoms with Crippen LogP contribution >= 0.6 is 11.6 Å². The summed E-state index contributed by atoms with van der Waals surface area (Å²) in [7, 11) is 3.18. The van der Waals surface area contributed by atoms with E-state index in [1.165, 1.54) is 12.1 Å². The Morgan fingerprint density at radius 2 is 1.66 bits per heavy atom. The summed E-state index contributed by atoms with van der Waals surface area (Å²) in [6.45, 7) is 0.732. The minimum absolute atomic E-state index is 0.0358. The molecule has 9 heteroatoms. The van der Waals surface area contributed by atoms with Crippen LogP contribution in [0.25, 0.3) is 0 Å². The summed E-state index contributed by atoms with van der Waals surface area (Å²) >= 11 is 6.12. The maximum absolute atomic E-state index is 10.8. The molecule has 0 saturated heterocycles. The lowest BCUT2D eigenvalue weighted by molar-refractivity contribution is -0.384. The molecule has 32 heavy (non-hydrogen) atoms. The summed E-state index contributed by atoms with van der Waals surface area (Å²) in [5.41, 5.74) is 5.49. The van der Waals surface area contributed by atoms with Crippen molar-refractivity contribution >= 4 is 23.5 Å². The van der Waals surface area contributed by atoms with E-state index in [9.17, 15) is 10.1 Å². The van der Waals surface area contributed by atoms with Crippen molar-refractivity contribution in [3.8, 4) is 17.2 Å². The van der Waals surface area contributed by atoms with Gasteiger partial charge in [-0.15, -0.1) is 0 Å². The van der Waals surface area contributed by atoms with Crippen LogP contribution in [0.5, 0.6) is 17.2 Å². The Bertz CT molecular complexity index is 1100. The van der Waals surface area contributed by atoms with Gasteiger partial charge in [0.05, 0.1) is 31.9 Å². The van der Waals surface area contributed by atoms with Crippen molar-refractivity contribution < 1.29 is 19.1 Å². The van der Waals surface area contributed by atoms with Crippen LogP contribution in [0.4, 0.5) is 5.69 Å². The number of nitro benzene ring substituents is 1. The lowest BCUT2D eigenvalue weighted by atomic mass is 10.2. The highest BCUT2D eigenvalue weighted by Gasteiger charge is 2.07. The molecule has 3 rings (SSSR count). The highest BCUT2D eigenvalue weighted by molar-refractivity contribution is 6.30. The zero-order valence-corrected chi connectivity index (χ0v) is 18.3. The highest BCUT2D eigenvalue weighted by Crippen LogP contribution is 2.27. The van der Waals surface area contributed by atoms with E-state index >= 15 is 0 Å². The number of nitro groups is 1. The number of hydrogen-bond acceptors (Lipinski definition) is 7. The molecule has 0 aliphatic carbocycles. The summed E-state index contributed by atoms with van der Waals surface area (Å²) in [5.74, 6) is 1.89. The van der Waals surface area contributed by atoms with Gasteiger partial charge in [0.15, 0.2) is 11.5 Å². The average molecular weight is 456 g/mol. The van der Waals surface area contributed by atoms with Crippen LogP contribution in [0, 0.1) is 10.1 Å². The van der Waals surface area contributed by atoms with Crippen molar-refractivity contribution in [2.75, 3.05) is 14.2 Å². The Morgan fingerprint density at radius 3 is 2.34 bits per heavy atom. The fourth-order valence-corrected chi connectivity index (χ4v) is 3.05. The molecular weight excluding hydrogens is 434 g/mol. The third-order valence-electron chi connectivity index (χ3n) is 4.54. The Labute approximate surface area is 190 Å². The maximum Gasteiger partial charge on any atom is 0.269 e. The molecule has 8 nitrogen and oxygen atoms in total. The van der Waals surface area contributed by atoms with Crippen LogP contribution in [-0.4, -0.2) is 25.4 Å². The predicted molar refractivity (Wildman–Crippen MR) is 123 cm³/mol. The number of methoxy groups -OCH3 is 2. The molecule has 0 spiro atoms. The second-order valence-electron chi connectivity index (χ2n) is 6.68. The first kappa shape index (κ1) is 22.9. The van der Waals surface area contributed by atoms with Gasteiger partial charge in [-0.1, -0.05) is 17.7 Å². The molecular formula is C23H22ClN3O5. The first-order chi connectivity index (χ1) is 15.5. The van der Waals surface area contributed by atoms with Crippen molar-refractivity contribution in [1.29, 1.82) is 0 Å². The number of ether oxygens (including phenoxy) is 3. The van der Waals surface area contributed by atoms with Gasteiger partial charge in [0.2, 0.25) is 0 Å². The number of nitrogens with one attached hydrogen (secondary N) is 1. The average Bonchev–Trinajstić information content (AvgIpc) is 2.81. The zero-order chi connectivity index (χ0) is 22.9. The minimum atomic E-state index is -0.437. The minimum Gasteiger partial charge on any atom is -0.493 e. The molecule has 166 valence electrons. The molecule has 0 atom stereocenters. The molecule has 0 aliphatic heterocycles. The summed E-state index contributed by atoms with van der Waals surface area (Å²) < 4.78 is 16.4. The molecule has 3 aromatic rings. The van der Waals surface area contributed by atoms with Gasteiger partial charge in [-0.3, -0.25) is 10.1 Å². The second-order valence-corrected chi connectivity index (χ2v) is 7.11. The first-order valence-electron chi connectivity index (χ1n) is 9.62. The monoisotopic (exact) mass is 455 g/mol. The van der Waals surface area contributed by atoms with Gasteiger partial charge >= 0.3 is 0 Å². The van der Waals surface area contributed by atoms with Crippen LogP contribution in [0.15, 0.2) is 65.8 Å². The molecule has 0 radical (unpaired) electrons. The Balaban J connectivity index is 1.63. The highest BCUT2D eigenvalue weighted by atomic mass is 35.5. The molecule has 1 N–H and O–H groups in total. The van der Waals surface area contributed by atoms with Gasteiger partial charge in [0.1, 0.15) is 12.4 Å². The topological polar surface area (TPSA) is 95.2 Å². The van der Waals surface area contributed by atoms with E-state index in [4.69, 9.17) is 25.8 Å². The standard InChI is InChI=1S/C23H22ClN3O5/c1-30-22-9-5-17(11-23(22)31-2)13-25-26-14-18-12-19(24)6-10-21(18)32-15-16-3-7-20(8-4-16)27(28)29/h3-12,14,25H,13,15H2,1-2H3/b26-14-. The van der Waals surface area contributed by atoms with E-state index in [0.29, 0.717) is 34.4 Å². The van der Waals surface area contributed by atoms with Crippen molar-refractivity contribution in [1.82, 2.24) is 5.43 Å². The molecule has 0 heterocycles. The number of rotatable bonds is 10. The summed E-state index contributed by atoms with van der Waals surface area (Å²) in [6, 6.07) is 17.1. The number of benzene rings is 3. The van der Waals surface area contributed by atoms with Crippen LogP contribution in [-0.2, 0) is 13.2 Å². The SMILES string of the molecule is COc1ccc(CN/N=C\c2cc(Cl)ccc2OCc2ccc([N+](=O)[O-])cc2)cc1OC. The van der Waals surface area contributed by atoms with Crippen LogP contribution < -0.4 is 19.6 Å². The Hall–Kier alpha value is -3.78. The summed E-state index contributed by atoms with van der Waals surface area (Å²) in [6.07, 6.45) is 1.62. The second kappa shape index (κ2) is 11.0. The van der Waals surface area contributed by atoms with Gasteiger partial charge in [0.25, 0.3) is 5.69 Å². The van der Waals surface area contributed by atoms with E-state index in [0.717, 1.165) is 11.1 Å². The molecule has 0 unspecified atom stereocenters. The number of nitrogens with zero attached hydrogens (tertiary/aromatic N) is 2. The van der Waals surface area contributed by atoms with Gasteiger partial charge in [-0.2, -0.15) is 5.10 Å². The van der Waals surface area contributed by atoms with E-state index in [1.54, 1.807) is 50.8 Å². The van der Waals surface area contributed by atoms with Crippen LogP contribution in [0.1, 0.15) is 16.7 Å². The largest absolute Gasteiger partial charge is 0.493 e. The van der Waals surface area contributed by atoms with Crippen LogP contribution in [0.2, 0.25) is 5.02 Å². The fraction of sp³-hybridized carbons (Fsp3) is 0.174. The summed E-state index contributed by atoms with van der Waals surface area (Å²) in [5, 5.41) is 15.6. The third-order valence-corrected chi connectivity index (χ3v) is 4.77. The van der Waals surface area contributed by atoms with Gasteiger partial charge < -0.3 is 19.6 Å². The van der Waals surface area contributed by atoms with Gasteiger partial charge in [-0.05, 0) is 53.6 Å². The predicted octanol–water partition coefficient (Wildman–Crippen LogP) is 4.97. The lowest BCUT2D eigenvalue weighted by Gasteiger charge is -2.10. The smallest absolute Gasteiger partial charge is 0.269 e. The maximum atomic E-state index is 10.8. The molecule has 0 aliphatic rings. The zero-order valence-electron chi connectivity index (χ0n) is 17.6. The molecule has 0 amide bonds. The lowest BCUT2D eigenvalue weighted by Crippen LogP contribution is -2.06. The molecule has 3 aromatic carbocycles. The Kier molecular flexibility index (Phi) is 7.88. The summed E-state index contributed by atoms with van der Waals surface area (Å²) in [4.78, 5) is 10.3. The Morgan fingerprint density at radius 1 is 0.969 bits per heavy atom. The molecule has 0 saturated carbocycles. The van der Waals surface area contributed by atoms with E-state index < -0.39 is 4.92 Å². The molecule has 0 bridgehead atoms. The molecule has 0 aromatic heterocycles. The molecule has 0 fully saturated rings. The number of halogens is 1. The fourth-order valence-electron chi connectivity index (χ4n) is 2.87. The quantitative estimate of drug-likeness (QED) is 0.263. The van der Waals surface area contributed by atoms with Gasteiger partial charge in [-0.25, -0.2) is 0 Å².